The highest BCUT2D eigenvalue weighted by Gasteiger charge is 2.29. The van der Waals surface area contributed by atoms with Gasteiger partial charge in [0.2, 0.25) is 11.8 Å². The molecule has 1 aliphatic heterocycles. The lowest BCUT2D eigenvalue weighted by Gasteiger charge is -2.13. The number of rotatable bonds is 4. The van der Waals surface area contributed by atoms with E-state index in [1.54, 1.807) is 6.92 Å². The molecule has 0 saturated carbocycles. The molecule has 1 saturated heterocycles. The summed E-state index contributed by atoms with van der Waals surface area (Å²) in [6.45, 7) is 6.09. The van der Waals surface area contributed by atoms with Crippen LogP contribution in [0.15, 0.2) is 4.52 Å². The second-order valence-corrected chi connectivity index (χ2v) is 4.51. The molecule has 6 heteroatoms. The van der Waals surface area contributed by atoms with E-state index in [1.807, 2.05) is 0 Å². The van der Waals surface area contributed by atoms with Crippen molar-refractivity contribution in [2.75, 3.05) is 19.6 Å². The van der Waals surface area contributed by atoms with Crippen LogP contribution in [0.4, 0.5) is 0 Å². The molecule has 1 aromatic heterocycles. The molecule has 2 heterocycles. The molecular weight excluding hydrogens is 220 g/mol. The molecule has 0 radical (unpaired) electrons. The Hall–Kier alpha value is -1.43. The number of nitrogens with one attached hydrogen (secondary N) is 2. The lowest BCUT2D eigenvalue weighted by atomic mass is 9.97. The van der Waals surface area contributed by atoms with Crippen LogP contribution in [0.3, 0.4) is 0 Å². The van der Waals surface area contributed by atoms with E-state index >= 15 is 0 Å². The van der Waals surface area contributed by atoms with Crippen molar-refractivity contribution in [2.24, 2.45) is 11.8 Å². The topological polar surface area (TPSA) is 80.0 Å². The van der Waals surface area contributed by atoms with Gasteiger partial charge >= 0.3 is 0 Å². The number of hydrogen-bond donors (Lipinski definition) is 2. The summed E-state index contributed by atoms with van der Waals surface area (Å²) >= 11 is 0. The van der Waals surface area contributed by atoms with Crippen LogP contribution in [0.25, 0.3) is 0 Å². The number of carbonyl (C=O) groups is 1. The molecule has 0 aliphatic carbocycles. The van der Waals surface area contributed by atoms with Crippen LogP contribution in [-0.2, 0) is 11.2 Å². The monoisotopic (exact) mass is 238 g/mol. The Labute approximate surface area is 100 Å². The normalized spacial score (nSPS) is 23.9. The van der Waals surface area contributed by atoms with Crippen molar-refractivity contribution >= 4 is 5.91 Å². The molecule has 2 N–H and O–H groups in total. The number of hydrogen-bond acceptors (Lipinski definition) is 5. The van der Waals surface area contributed by atoms with E-state index in [-0.39, 0.29) is 11.8 Å². The van der Waals surface area contributed by atoms with Crippen LogP contribution in [-0.4, -0.2) is 35.7 Å². The van der Waals surface area contributed by atoms with E-state index in [1.165, 1.54) is 0 Å². The lowest BCUT2D eigenvalue weighted by Crippen LogP contribution is -2.35. The fourth-order valence-corrected chi connectivity index (χ4v) is 2.03. The molecule has 6 nitrogen and oxygen atoms in total. The van der Waals surface area contributed by atoms with Gasteiger partial charge < -0.3 is 15.2 Å². The first-order chi connectivity index (χ1) is 8.16. The van der Waals surface area contributed by atoms with Crippen LogP contribution in [0, 0.1) is 18.8 Å². The van der Waals surface area contributed by atoms with Crippen molar-refractivity contribution in [3.05, 3.63) is 11.7 Å². The Morgan fingerprint density at radius 3 is 3.00 bits per heavy atom. The molecule has 1 amide bonds. The third kappa shape index (κ3) is 3.03. The molecule has 0 bridgehead atoms. The Morgan fingerprint density at radius 2 is 2.41 bits per heavy atom. The molecule has 1 aliphatic rings. The average Bonchev–Trinajstić information content (AvgIpc) is 2.87. The number of nitrogens with zero attached hydrogens (tertiary/aromatic N) is 2. The summed E-state index contributed by atoms with van der Waals surface area (Å²) in [5.74, 6) is 1.80. The first-order valence-electron chi connectivity index (χ1n) is 5.94. The molecule has 2 atom stereocenters. The SMILES string of the molecule is Cc1nc(CCNC(=O)[C@@H]2CNC[C@H]2C)no1. The number of aryl methyl sites for hydroxylation is 1. The smallest absolute Gasteiger partial charge is 0.224 e. The Balaban J connectivity index is 1.73. The van der Waals surface area contributed by atoms with Crippen molar-refractivity contribution in [1.82, 2.24) is 20.8 Å². The predicted molar refractivity (Wildman–Crippen MR) is 61.3 cm³/mol. The maximum atomic E-state index is 11.8. The van der Waals surface area contributed by atoms with Gasteiger partial charge in [-0.3, -0.25) is 4.79 Å². The number of aromatic nitrogens is 2. The van der Waals surface area contributed by atoms with E-state index in [0.717, 1.165) is 13.1 Å². The molecule has 94 valence electrons. The van der Waals surface area contributed by atoms with E-state index in [4.69, 9.17) is 4.52 Å². The third-order valence-corrected chi connectivity index (χ3v) is 3.07. The van der Waals surface area contributed by atoms with Crippen molar-refractivity contribution in [1.29, 1.82) is 0 Å². The van der Waals surface area contributed by atoms with Gasteiger partial charge in [0.05, 0.1) is 5.92 Å². The van der Waals surface area contributed by atoms with E-state index in [9.17, 15) is 4.79 Å². The van der Waals surface area contributed by atoms with Gasteiger partial charge in [0.25, 0.3) is 0 Å². The Kier molecular flexibility index (Phi) is 3.73. The van der Waals surface area contributed by atoms with Crippen molar-refractivity contribution < 1.29 is 9.32 Å². The van der Waals surface area contributed by atoms with Crippen molar-refractivity contribution in [3.63, 3.8) is 0 Å². The molecule has 0 aromatic carbocycles. The van der Waals surface area contributed by atoms with Gasteiger partial charge in [0.1, 0.15) is 0 Å². The lowest BCUT2D eigenvalue weighted by molar-refractivity contribution is -0.125. The van der Waals surface area contributed by atoms with Crippen LogP contribution >= 0.6 is 0 Å². The maximum Gasteiger partial charge on any atom is 0.224 e. The summed E-state index contributed by atoms with van der Waals surface area (Å²) in [5, 5.41) is 9.90. The molecule has 1 aromatic rings. The quantitative estimate of drug-likeness (QED) is 0.765. The standard InChI is InChI=1S/C11H18N4O2/c1-7-5-12-6-9(7)11(16)13-4-3-10-14-8(2)17-15-10/h7,9,12H,3-6H2,1-2H3,(H,13,16)/t7-,9-/m1/s1. The van der Waals surface area contributed by atoms with Crippen LogP contribution < -0.4 is 10.6 Å². The number of amides is 1. The summed E-state index contributed by atoms with van der Waals surface area (Å²) in [7, 11) is 0. The summed E-state index contributed by atoms with van der Waals surface area (Å²) < 4.78 is 4.86. The maximum absolute atomic E-state index is 11.8. The second kappa shape index (κ2) is 5.27. The zero-order valence-corrected chi connectivity index (χ0v) is 10.2. The fraction of sp³-hybridized carbons (Fsp3) is 0.727. The molecular formula is C11H18N4O2. The largest absolute Gasteiger partial charge is 0.355 e. The van der Waals surface area contributed by atoms with E-state index < -0.39 is 0 Å². The van der Waals surface area contributed by atoms with Gasteiger partial charge in [-0.15, -0.1) is 0 Å². The highest BCUT2D eigenvalue weighted by atomic mass is 16.5. The minimum Gasteiger partial charge on any atom is -0.355 e. The average molecular weight is 238 g/mol. The van der Waals surface area contributed by atoms with Gasteiger partial charge in [-0.2, -0.15) is 4.98 Å². The Bertz CT molecular complexity index is 391. The summed E-state index contributed by atoms with van der Waals surface area (Å²) in [6.07, 6.45) is 0.609. The highest BCUT2D eigenvalue weighted by Crippen LogP contribution is 2.15. The molecule has 17 heavy (non-hydrogen) atoms. The fourth-order valence-electron chi connectivity index (χ4n) is 2.03. The van der Waals surface area contributed by atoms with Gasteiger partial charge in [-0.25, -0.2) is 0 Å². The summed E-state index contributed by atoms with van der Waals surface area (Å²) in [6, 6.07) is 0. The van der Waals surface area contributed by atoms with Gasteiger partial charge in [-0.1, -0.05) is 12.1 Å². The van der Waals surface area contributed by atoms with E-state index in [2.05, 4.69) is 27.7 Å². The first kappa shape index (κ1) is 12.0. The predicted octanol–water partition coefficient (Wildman–Crippen LogP) is -0.108. The highest BCUT2D eigenvalue weighted by molar-refractivity contribution is 5.79. The van der Waals surface area contributed by atoms with Gasteiger partial charge in [-0.05, 0) is 12.5 Å². The first-order valence-corrected chi connectivity index (χ1v) is 5.94. The third-order valence-electron chi connectivity index (χ3n) is 3.07. The molecule has 0 spiro atoms. The molecule has 0 unspecified atom stereocenters. The van der Waals surface area contributed by atoms with Gasteiger partial charge in [0, 0.05) is 26.4 Å². The second-order valence-electron chi connectivity index (χ2n) is 4.51. The van der Waals surface area contributed by atoms with Crippen LogP contribution in [0.1, 0.15) is 18.6 Å². The van der Waals surface area contributed by atoms with Crippen LogP contribution in [0.2, 0.25) is 0 Å². The Morgan fingerprint density at radius 1 is 1.59 bits per heavy atom. The summed E-state index contributed by atoms with van der Waals surface area (Å²) in [5.41, 5.74) is 0. The minimum atomic E-state index is 0.0852. The zero-order valence-electron chi connectivity index (χ0n) is 10.2. The van der Waals surface area contributed by atoms with Crippen molar-refractivity contribution in [3.8, 4) is 0 Å². The summed E-state index contributed by atoms with van der Waals surface area (Å²) in [4.78, 5) is 15.9. The van der Waals surface area contributed by atoms with E-state index in [0.29, 0.717) is 30.6 Å². The van der Waals surface area contributed by atoms with Crippen molar-refractivity contribution in [2.45, 2.75) is 20.3 Å². The molecule has 1 fully saturated rings. The van der Waals surface area contributed by atoms with Crippen LogP contribution in [0.5, 0.6) is 0 Å². The molecule has 2 rings (SSSR count). The number of carbonyl (C=O) groups excluding carboxylic acids is 1. The zero-order chi connectivity index (χ0) is 12.3. The minimum absolute atomic E-state index is 0.0852. The van der Waals surface area contributed by atoms with Gasteiger partial charge in [0.15, 0.2) is 5.82 Å².